The molecular weight excluding hydrogens is 494 g/mol. The highest BCUT2D eigenvalue weighted by Gasteiger charge is 2.30. The van der Waals surface area contributed by atoms with Gasteiger partial charge in [0.05, 0.1) is 18.0 Å². The van der Waals surface area contributed by atoms with Crippen molar-refractivity contribution in [3.8, 4) is 22.8 Å². The Morgan fingerprint density at radius 1 is 1.10 bits per heavy atom. The van der Waals surface area contributed by atoms with E-state index in [0.717, 1.165) is 43.1 Å². The summed E-state index contributed by atoms with van der Waals surface area (Å²) in [7, 11) is 0. The number of hydrogen-bond donors (Lipinski definition) is 2. The molecule has 3 N–H and O–H groups in total. The van der Waals surface area contributed by atoms with Crippen LogP contribution in [0, 0.1) is 0 Å². The predicted molar refractivity (Wildman–Crippen MR) is 148 cm³/mol. The molecule has 2 aliphatic rings. The summed E-state index contributed by atoms with van der Waals surface area (Å²) in [5.41, 5.74) is 8.57. The second-order valence-corrected chi connectivity index (χ2v) is 9.79. The second kappa shape index (κ2) is 11.2. The molecule has 6 rings (SSSR count). The number of anilines is 1. The van der Waals surface area contributed by atoms with E-state index < -0.39 is 0 Å². The normalized spacial score (nSPS) is 19.3. The van der Waals surface area contributed by atoms with E-state index in [1.165, 1.54) is 6.33 Å². The topological polar surface area (TPSA) is 120 Å². The monoisotopic (exact) mass is 525 g/mol. The van der Waals surface area contributed by atoms with E-state index in [0.29, 0.717) is 48.2 Å². The summed E-state index contributed by atoms with van der Waals surface area (Å²) < 4.78 is 13.2. The maximum Gasteiger partial charge on any atom is 0.246 e. The highest BCUT2D eigenvalue weighted by atomic mass is 16.5. The van der Waals surface area contributed by atoms with E-state index in [4.69, 9.17) is 20.3 Å². The first-order valence-electron chi connectivity index (χ1n) is 13.2. The van der Waals surface area contributed by atoms with Crippen molar-refractivity contribution >= 4 is 22.8 Å². The van der Waals surface area contributed by atoms with E-state index in [1.807, 2.05) is 70.3 Å². The molecule has 4 heterocycles. The Labute approximate surface area is 226 Å². The smallest absolute Gasteiger partial charge is 0.246 e. The van der Waals surface area contributed by atoms with Crippen LogP contribution in [0.15, 0.2) is 73.1 Å². The number of ether oxygens (including phenoxy) is 2. The zero-order valence-corrected chi connectivity index (χ0v) is 21.6. The lowest BCUT2D eigenvalue weighted by Crippen LogP contribution is -2.30. The summed E-state index contributed by atoms with van der Waals surface area (Å²) in [5, 5.41) is 9.04. The lowest BCUT2D eigenvalue weighted by molar-refractivity contribution is -0.125. The number of amides is 1. The number of para-hydroxylation sites is 1. The minimum Gasteiger partial charge on any atom is -0.457 e. The van der Waals surface area contributed by atoms with Gasteiger partial charge in [0.15, 0.2) is 5.65 Å². The fraction of sp³-hybridized carbons (Fsp3) is 0.310. The highest BCUT2D eigenvalue weighted by Crippen LogP contribution is 2.35. The lowest BCUT2D eigenvalue weighted by Gasteiger charge is -2.15. The van der Waals surface area contributed by atoms with Gasteiger partial charge >= 0.3 is 0 Å². The molecule has 2 saturated heterocycles. The number of likely N-dealkylation sites (tertiary alicyclic amines) is 1. The number of rotatable bonds is 8. The number of nitrogens with zero attached hydrogens (tertiary/aromatic N) is 5. The van der Waals surface area contributed by atoms with Gasteiger partial charge in [0.1, 0.15) is 29.3 Å². The number of nitrogen functional groups attached to an aromatic ring is 1. The molecule has 39 heavy (non-hydrogen) atoms. The van der Waals surface area contributed by atoms with E-state index >= 15 is 0 Å². The first-order valence-corrected chi connectivity index (χ1v) is 13.2. The molecule has 0 unspecified atom stereocenters. The van der Waals surface area contributed by atoms with Crippen molar-refractivity contribution in [3.05, 3.63) is 73.1 Å². The lowest BCUT2D eigenvalue weighted by atomic mass is 10.1. The second-order valence-electron chi connectivity index (χ2n) is 9.79. The van der Waals surface area contributed by atoms with Crippen LogP contribution in [0.3, 0.4) is 0 Å². The van der Waals surface area contributed by atoms with E-state index in [9.17, 15) is 4.79 Å². The predicted octanol–water partition coefficient (Wildman–Crippen LogP) is 3.58. The number of aromatic nitrogens is 4. The third kappa shape index (κ3) is 5.47. The average Bonchev–Trinajstić information content (AvgIpc) is 3.73. The van der Waals surface area contributed by atoms with Gasteiger partial charge in [0, 0.05) is 43.9 Å². The minimum absolute atomic E-state index is 0.00167. The van der Waals surface area contributed by atoms with Crippen LogP contribution in [-0.4, -0.2) is 69.4 Å². The molecule has 1 amide bonds. The van der Waals surface area contributed by atoms with Crippen molar-refractivity contribution in [1.82, 2.24) is 30.0 Å². The summed E-state index contributed by atoms with van der Waals surface area (Å²) in [6, 6.07) is 17.7. The molecule has 2 aromatic heterocycles. The van der Waals surface area contributed by atoms with E-state index in [2.05, 4.69) is 15.3 Å². The minimum atomic E-state index is -0.0117. The molecule has 10 heteroatoms. The first kappa shape index (κ1) is 25.0. The van der Waals surface area contributed by atoms with Crippen molar-refractivity contribution in [1.29, 1.82) is 0 Å². The summed E-state index contributed by atoms with van der Waals surface area (Å²) in [4.78, 5) is 23.4. The maximum atomic E-state index is 12.8. The van der Waals surface area contributed by atoms with Crippen LogP contribution >= 0.6 is 0 Å². The van der Waals surface area contributed by atoms with Crippen molar-refractivity contribution in [2.24, 2.45) is 0 Å². The summed E-state index contributed by atoms with van der Waals surface area (Å²) >= 11 is 0. The van der Waals surface area contributed by atoms with E-state index in [-0.39, 0.29) is 11.9 Å². The van der Waals surface area contributed by atoms with Crippen LogP contribution in [0.4, 0.5) is 5.82 Å². The van der Waals surface area contributed by atoms with Crippen molar-refractivity contribution < 1.29 is 14.3 Å². The molecule has 4 aromatic rings. The zero-order valence-electron chi connectivity index (χ0n) is 21.6. The molecule has 0 bridgehead atoms. The maximum absolute atomic E-state index is 12.8. The van der Waals surface area contributed by atoms with Gasteiger partial charge in [-0.2, -0.15) is 5.10 Å². The van der Waals surface area contributed by atoms with Gasteiger partial charge in [-0.15, -0.1) is 0 Å². The molecule has 0 spiro atoms. The van der Waals surface area contributed by atoms with Gasteiger partial charge in [0.2, 0.25) is 5.91 Å². The molecular formula is C29H31N7O3. The Bertz CT molecular complexity index is 1460. The van der Waals surface area contributed by atoms with Gasteiger partial charge in [-0.1, -0.05) is 24.3 Å². The number of nitrogens with two attached hydrogens (primary N) is 1. The highest BCUT2D eigenvalue weighted by molar-refractivity contribution is 5.98. The van der Waals surface area contributed by atoms with Crippen LogP contribution in [0.2, 0.25) is 0 Å². The Kier molecular flexibility index (Phi) is 7.20. The summed E-state index contributed by atoms with van der Waals surface area (Å²) in [5.74, 6) is 1.87. The van der Waals surface area contributed by atoms with Crippen LogP contribution in [0.25, 0.3) is 22.3 Å². The fourth-order valence-corrected chi connectivity index (χ4v) is 5.09. The molecule has 2 fully saturated rings. The van der Waals surface area contributed by atoms with Gasteiger partial charge in [-0.25, -0.2) is 14.6 Å². The largest absolute Gasteiger partial charge is 0.457 e. The van der Waals surface area contributed by atoms with Gasteiger partial charge in [-0.3, -0.25) is 4.79 Å². The third-order valence-electron chi connectivity index (χ3n) is 7.16. The number of nitrogens with one attached hydrogen (secondary N) is 1. The number of carbonyl (C=O) groups is 1. The molecule has 2 aliphatic heterocycles. The van der Waals surface area contributed by atoms with Crippen molar-refractivity contribution in [2.75, 3.05) is 38.6 Å². The zero-order chi connectivity index (χ0) is 26.6. The molecule has 0 radical (unpaired) electrons. The van der Waals surface area contributed by atoms with Crippen LogP contribution < -0.4 is 15.8 Å². The summed E-state index contributed by atoms with van der Waals surface area (Å²) in [6.45, 7) is 3.38. The molecule has 0 aliphatic carbocycles. The number of hydrogen-bond acceptors (Lipinski definition) is 8. The number of carbonyl (C=O) groups excluding carboxylic acids is 1. The van der Waals surface area contributed by atoms with Crippen LogP contribution in [0.5, 0.6) is 11.5 Å². The molecule has 0 saturated carbocycles. The molecule has 200 valence electrons. The average molecular weight is 526 g/mol. The molecule has 2 atom stereocenters. The third-order valence-corrected chi connectivity index (χ3v) is 7.16. The Hall–Kier alpha value is -4.28. The van der Waals surface area contributed by atoms with Crippen molar-refractivity contribution in [2.45, 2.75) is 24.9 Å². The SMILES string of the molecule is Nc1ncnc2c1c(-c1ccc(Oc3ccccc3)cc1)nn2[C@@H]1CCN(C(=O)/C=C/CN[C@H]2CCOC2)C1. The Balaban J connectivity index is 1.18. The first-order chi connectivity index (χ1) is 19.2. The van der Waals surface area contributed by atoms with Gasteiger partial charge in [-0.05, 0) is 49.2 Å². The molecule has 10 nitrogen and oxygen atoms in total. The van der Waals surface area contributed by atoms with Gasteiger partial charge < -0.3 is 25.4 Å². The summed E-state index contributed by atoms with van der Waals surface area (Å²) in [6.07, 6.45) is 6.78. The molecule has 2 aromatic carbocycles. The fourth-order valence-electron chi connectivity index (χ4n) is 5.09. The Morgan fingerprint density at radius 2 is 1.92 bits per heavy atom. The van der Waals surface area contributed by atoms with Gasteiger partial charge in [0.25, 0.3) is 0 Å². The van der Waals surface area contributed by atoms with Crippen LogP contribution in [0.1, 0.15) is 18.9 Å². The van der Waals surface area contributed by atoms with E-state index in [1.54, 1.807) is 6.08 Å². The number of benzene rings is 2. The standard InChI is InChI=1S/C29H31N7O3/c30-28-26-27(20-8-10-24(11-9-20)39-23-5-2-1-3-6-23)34-36(29(26)33-19-32-28)22-12-15-35(17-22)25(37)7-4-14-31-21-13-16-38-18-21/h1-11,19,21-22,31H,12-18H2,(H2,30,32,33)/b7-4+/t21-,22+/m0/s1. The Morgan fingerprint density at radius 3 is 2.72 bits per heavy atom. The number of fused-ring (bicyclic) bond motifs is 1. The van der Waals surface area contributed by atoms with Crippen LogP contribution in [-0.2, 0) is 9.53 Å². The quantitative estimate of drug-likeness (QED) is 0.335. The van der Waals surface area contributed by atoms with Crippen molar-refractivity contribution in [3.63, 3.8) is 0 Å².